The fourth-order valence-corrected chi connectivity index (χ4v) is 1.57. The molecule has 0 amide bonds. The minimum atomic E-state index is -0.0265. The number of ether oxygens (including phenoxy) is 2. The molecule has 16 heavy (non-hydrogen) atoms. The van der Waals surface area contributed by atoms with Crippen molar-refractivity contribution < 1.29 is 9.47 Å². The summed E-state index contributed by atoms with van der Waals surface area (Å²) in [4.78, 5) is 0. The van der Waals surface area contributed by atoms with E-state index in [1.165, 1.54) is 6.42 Å². The summed E-state index contributed by atoms with van der Waals surface area (Å²) < 4.78 is 11.5. The third-order valence-corrected chi connectivity index (χ3v) is 2.09. The Labute approximate surface area is 102 Å². The van der Waals surface area contributed by atoms with Gasteiger partial charge in [0.25, 0.3) is 0 Å². The lowest BCUT2D eigenvalue weighted by Crippen LogP contribution is -2.25. The molecule has 0 aromatic heterocycles. The Morgan fingerprint density at radius 1 is 0.875 bits per heavy atom. The minimum absolute atomic E-state index is 0.00642. The fourth-order valence-electron chi connectivity index (χ4n) is 1.57. The van der Waals surface area contributed by atoms with Crippen LogP contribution >= 0.6 is 0 Å². The Bertz CT molecular complexity index is 174. The molecule has 0 N–H and O–H groups in total. The number of rotatable bonds is 6. The topological polar surface area (TPSA) is 18.5 Å². The van der Waals surface area contributed by atoms with Crippen LogP contribution in [0.1, 0.15) is 67.7 Å². The molecule has 0 heterocycles. The van der Waals surface area contributed by atoms with Crippen LogP contribution in [-0.4, -0.2) is 23.9 Å². The molecule has 0 aliphatic heterocycles. The van der Waals surface area contributed by atoms with Gasteiger partial charge in [0, 0.05) is 6.61 Å². The van der Waals surface area contributed by atoms with E-state index in [0.717, 1.165) is 19.4 Å². The van der Waals surface area contributed by atoms with Crippen molar-refractivity contribution in [1.82, 2.24) is 0 Å². The molecule has 2 nitrogen and oxygen atoms in total. The smallest absolute Gasteiger partial charge is 0.0602 e. The largest absolute Gasteiger partial charge is 0.376 e. The van der Waals surface area contributed by atoms with Crippen molar-refractivity contribution in [3.63, 3.8) is 0 Å². The molecule has 0 aromatic carbocycles. The first-order valence-electron chi connectivity index (χ1n) is 6.42. The average Bonchev–Trinajstić information content (AvgIpc) is 1.97. The van der Waals surface area contributed by atoms with E-state index < -0.39 is 0 Å². The molecule has 0 aliphatic carbocycles. The Morgan fingerprint density at radius 2 is 1.44 bits per heavy atom. The van der Waals surface area contributed by atoms with Gasteiger partial charge >= 0.3 is 0 Å². The Hall–Kier alpha value is -0.0800. The van der Waals surface area contributed by atoms with Crippen molar-refractivity contribution in [1.29, 1.82) is 0 Å². The quantitative estimate of drug-likeness (QED) is 0.637. The zero-order valence-electron chi connectivity index (χ0n) is 12.2. The molecular weight excluding hydrogens is 200 g/mol. The second kappa shape index (κ2) is 6.61. The second-order valence-corrected chi connectivity index (χ2v) is 6.50. The van der Waals surface area contributed by atoms with Gasteiger partial charge in [-0.2, -0.15) is 0 Å². The first-order valence-corrected chi connectivity index (χ1v) is 6.42. The van der Waals surface area contributed by atoms with Crippen LogP contribution in [0.4, 0.5) is 0 Å². The van der Waals surface area contributed by atoms with Crippen LogP contribution in [-0.2, 0) is 9.47 Å². The van der Waals surface area contributed by atoms with Crippen LogP contribution < -0.4 is 0 Å². The van der Waals surface area contributed by atoms with Gasteiger partial charge in [0.05, 0.1) is 17.3 Å². The summed E-state index contributed by atoms with van der Waals surface area (Å²) in [5, 5.41) is 0. The van der Waals surface area contributed by atoms with E-state index >= 15 is 0 Å². The molecule has 2 heteroatoms. The van der Waals surface area contributed by atoms with Gasteiger partial charge in [-0.15, -0.1) is 0 Å². The standard InChI is InChI=1S/C14H30O2/c1-12(16-14(5,6)7)10-8-9-11-15-13(2,3)4/h12H,8-11H2,1-7H3. The van der Waals surface area contributed by atoms with E-state index in [0.29, 0.717) is 6.10 Å². The van der Waals surface area contributed by atoms with Crippen LogP contribution in [0.3, 0.4) is 0 Å². The molecule has 0 saturated heterocycles. The Kier molecular flexibility index (Phi) is 6.57. The summed E-state index contributed by atoms with van der Waals surface area (Å²) in [7, 11) is 0. The van der Waals surface area contributed by atoms with E-state index in [1.807, 2.05) is 0 Å². The van der Waals surface area contributed by atoms with Crippen LogP contribution in [0, 0.1) is 0 Å². The summed E-state index contributed by atoms with van der Waals surface area (Å²) in [6.07, 6.45) is 3.75. The number of hydrogen-bond acceptors (Lipinski definition) is 2. The number of unbranched alkanes of at least 4 members (excludes halogenated alkanes) is 1. The van der Waals surface area contributed by atoms with Gasteiger partial charge in [0.15, 0.2) is 0 Å². The van der Waals surface area contributed by atoms with Crippen molar-refractivity contribution in [3.05, 3.63) is 0 Å². The van der Waals surface area contributed by atoms with Crippen molar-refractivity contribution in [2.75, 3.05) is 6.61 Å². The SMILES string of the molecule is CC(CCCCOC(C)(C)C)OC(C)(C)C. The predicted molar refractivity (Wildman–Crippen MR) is 69.9 cm³/mol. The van der Waals surface area contributed by atoms with E-state index in [2.05, 4.69) is 48.5 Å². The van der Waals surface area contributed by atoms with Crippen molar-refractivity contribution in [2.24, 2.45) is 0 Å². The highest BCUT2D eigenvalue weighted by Gasteiger charge is 2.15. The van der Waals surface area contributed by atoms with Gasteiger partial charge in [-0.25, -0.2) is 0 Å². The Balaban J connectivity index is 3.45. The van der Waals surface area contributed by atoms with Gasteiger partial charge in [-0.3, -0.25) is 0 Å². The summed E-state index contributed by atoms with van der Waals surface area (Å²) in [6.45, 7) is 15.6. The second-order valence-electron chi connectivity index (χ2n) is 6.50. The van der Waals surface area contributed by atoms with Crippen molar-refractivity contribution in [2.45, 2.75) is 85.0 Å². The molecule has 0 radical (unpaired) electrons. The summed E-state index contributed by atoms with van der Waals surface area (Å²) in [6, 6.07) is 0. The zero-order valence-corrected chi connectivity index (χ0v) is 12.2. The highest BCUT2D eigenvalue weighted by molar-refractivity contribution is 4.63. The van der Waals surface area contributed by atoms with Crippen LogP contribution in [0.5, 0.6) is 0 Å². The zero-order chi connectivity index (χ0) is 12.8. The molecule has 0 spiro atoms. The van der Waals surface area contributed by atoms with Gasteiger partial charge in [0.2, 0.25) is 0 Å². The van der Waals surface area contributed by atoms with Gasteiger partial charge in [-0.05, 0) is 67.7 Å². The summed E-state index contributed by atoms with van der Waals surface area (Å²) in [5.41, 5.74) is -0.0329. The monoisotopic (exact) mass is 230 g/mol. The fraction of sp³-hybridized carbons (Fsp3) is 1.00. The maximum Gasteiger partial charge on any atom is 0.0602 e. The van der Waals surface area contributed by atoms with Crippen LogP contribution in [0.15, 0.2) is 0 Å². The molecule has 0 saturated carbocycles. The first kappa shape index (κ1) is 15.9. The van der Waals surface area contributed by atoms with E-state index in [9.17, 15) is 0 Å². The maximum atomic E-state index is 5.84. The molecule has 98 valence electrons. The highest BCUT2D eigenvalue weighted by atomic mass is 16.5. The summed E-state index contributed by atoms with van der Waals surface area (Å²) in [5.74, 6) is 0. The average molecular weight is 230 g/mol. The van der Waals surface area contributed by atoms with E-state index in [1.54, 1.807) is 0 Å². The molecule has 1 atom stereocenters. The normalized spacial score (nSPS) is 15.2. The van der Waals surface area contributed by atoms with Crippen LogP contribution in [0.2, 0.25) is 0 Å². The third kappa shape index (κ3) is 12.0. The number of hydrogen-bond donors (Lipinski definition) is 0. The lowest BCUT2D eigenvalue weighted by atomic mass is 10.1. The molecular formula is C14H30O2. The molecule has 1 unspecified atom stereocenters. The van der Waals surface area contributed by atoms with Crippen molar-refractivity contribution in [3.8, 4) is 0 Å². The van der Waals surface area contributed by atoms with Gasteiger partial charge in [-0.1, -0.05) is 0 Å². The summed E-state index contributed by atoms with van der Waals surface area (Å²) >= 11 is 0. The van der Waals surface area contributed by atoms with Crippen LogP contribution in [0.25, 0.3) is 0 Å². The molecule has 0 rings (SSSR count). The lowest BCUT2D eigenvalue weighted by Gasteiger charge is -2.25. The highest BCUT2D eigenvalue weighted by Crippen LogP contribution is 2.15. The van der Waals surface area contributed by atoms with E-state index in [4.69, 9.17) is 9.47 Å². The first-order chi connectivity index (χ1) is 7.10. The molecule has 0 bridgehead atoms. The van der Waals surface area contributed by atoms with Crippen molar-refractivity contribution >= 4 is 0 Å². The molecule has 0 aliphatic rings. The Morgan fingerprint density at radius 3 is 1.88 bits per heavy atom. The minimum Gasteiger partial charge on any atom is -0.376 e. The van der Waals surface area contributed by atoms with E-state index in [-0.39, 0.29) is 11.2 Å². The van der Waals surface area contributed by atoms with Gasteiger partial charge < -0.3 is 9.47 Å². The molecule has 0 fully saturated rings. The predicted octanol–water partition coefficient (Wildman–Crippen LogP) is 4.18. The third-order valence-electron chi connectivity index (χ3n) is 2.09. The maximum absolute atomic E-state index is 5.84. The van der Waals surface area contributed by atoms with Gasteiger partial charge in [0.1, 0.15) is 0 Å². The molecule has 0 aromatic rings. The lowest BCUT2D eigenvalue weighted by molar-refractivity contribution is -0.0565.